The van der Waals surface area contributed by atoms with Crippen molar-refractivity contribution in [3.05, 3.63) is 0 Å². The van der Waals surface area contributed by atoms with E-state index in [1.807, 2.05) is 0 Å². The molecule has 0 N–H and O–H groups in total. The molecule has 0 heterocycles. The number of hydrogen-bond donors (Lipinski definition) is 0. The van der Waals surface area contributed by atoms with Gasteiger partial charge in [0.15, 0.2) is 0 Å². The number of rotatable bonds is 3. The van der Waals surface area contributed by atoms with Crippen LogP contribution in [-0.2, 0) is 9.05 Å². The summed E-state index contributed by atoms with van der Waals surface area (Å²) in [6.45, 7) is 0. The van der Waals surface area contributed by atoms with Crippen LogP contribution in [0.5, 0.6) is 0 Å². The third-order valence-corrected chi connectivity index (χ3v) is 7.74. The summed E-state index contributed by atoms with van der Waals surface area (Å²) in [4.78, 5) is 0. The highest BCUT2D eigenvalue weighted by Crippen LogP contribution is 2.55. The maximum absolute atomic E-state index is 11.6. The van der Waals surface area contributed by atoms with E-state index in [9.17, 15) is 8.42 Å². The van der Waals surface area contributed by atoms with Gasteiger partial charge in [-0.05, 0) is 56.3 Å². The fourth-order valence-electron chi connectivity index (χ4n) is 3.93. The van der Waals surface area contributed by atoms with Crippen LogP contribution in [0.3, 0.4) is 0 Å². The molecule has 1 unspecified atom stereocenters. The lowest BCUT2D eigenvalue weighted by Crippen LogP contribution is -2.35. The SMILES string of the molecule is O=S(=O)(Cl)C1(CC2CC3CCC2CC3)CC1. The Morgan fingerprint density at radius 2 is 1.75 bits per heavy atom. The Bertz CT molecular complexity index is 378. The average molecular weight is 263 g/mol. The maximum Gasteiger partial charge on any atom is 0.238 e. The monoisotopic (exact) mass is 262 g/mol. The molecule has 4 fully saturated rings. The molecule has 0 radical (unpaired) electrons. The summed E-state index contributed by atoms with van der Waals surface area (Å²) >= 11 is 0. The minimum atomic E-state index is -3.34. The standard InChI is InChI=1S/C12H19ClO2S/c13-16(14,15)12(5-6-12)8-11-7-9-1-3-10(11)4-2-9/h9-11H,1-8H2. The lowest BCUT2D eigenvalue weighted by molar-refractivity contribution is 0.0910. The summed E-state index contributed by atoms with van der Waals surface area (Å²) in [5.74, 6) is 2.31. The quantitative estimate of drug-likeness (QED) is 0.732. The van der Waals surface area contributed by atoms with Crippen LogP contribution in [0.15, 0.2) is 0 Å². The largest absolute Gasteiger partial charge is 0.238 e. The van der Waals surface area contributed by atoms with E-state index in [1.54, 1.807) is 0 Å². The molecule has 1 atom stereocenters. The molecule has 4 heteroatoms. The van der Waals surface area contributed by atoms with Crippen LogP contribution in [0, 0.1) is 17.8 Å². The van der Waals surface area contributed by atoms with Crippen LogP contribution in [-0.4, -0.2) is 13.2 Å². The molecular formula is C12H19ClO2S. The van der Waals surface area contributed by atoms with Crippen molar-refractivity contribution in [3.8, 4) is 0 Å². The number of fused-ring (bicyclic) bond motifs is 3. The van der Waals surface area contributed by atoms with Crippen molar-refractivity contribution in [1.82, 2.24) is 0 Å². The van der Waals surface area contributed by atoms with E-state index in [1.165, 1.54) is 32.1 Å². The average Bonchev–Trinajstić information content (AvgIpc) is 3.00. The summed E-state index contributed by atoms with van der Waals surface area (Å²) in [6, 6.07) is 0. The van der Waals surface area contributed by atoms with Crippen LogP contribution in [0.2, 0.25) is 0 Å². The molecule has 4 aliphatic rings. The molecular weight excluding hydrogens is 244 g/mol. The van der Waals surface area contributed by atoms with Gasteiger partial charge >= 0.3 is 0 Å². The molecule has 0 saturated heterocycles. The minimum Gasteiger partial charge on any atom is -0.212 e. The molecule has 0 aliphatic heterocycles. The zero-order valence-corrected chi connectivity index (χ0v) is 11.1. The van der Waals surface area contributed by atoms with Gasteiger partial charge in [0, 0.05) is 10.7 Å². The number of halogens is 1. The zero-order valence-electron chi connectivity index (χ0n) is 9.49. The molecule has 92 valence electrons. The smallest absolute Gasteiger partial charge is 0.212 e. The van der Waals surface area contributed by atoms with E-state index >= 15 is 0 Å². The third-order valence-electron chi connectivity index (χ3n) is 5.15. The molecule has 0 aromatic heterocycles. The molecule has 0 amide bonds. The Hall–Kier alpha value is 0.240. The van der Waals surface area contributed by atoms with Crippen molar-refractivity contribution in [2.45, 2.75) is 56.1 Å². The van der Waals surface area contributed by atoms with E-state index in [0.717, 1.165) is 31.1 Å². The van der Waals surface area contributed by atoms with Gasteiger partial charge in [0.05, 0.1) is 4.75 Å². The molecule has 0 spiro atoms. The lowest BCUT2D eigenvalue weighted by atomic mass is 9.63. The number of hydrogen-bond acceptors (Lipinski definition) is 2. The van der Waals surface area contributed by atoms with Gasteiger partial charge in [-0.1, -0.05) is 12.8 Å². The predicted molar refractivity (Wildman–Crippen MR) is 64.9 cm³/mol. The second-order valence-corrected chi connectivity index (χ2v) is 9.06. The van der Waals surface area contributed by atoms with Gasteiger partial charge in [0.25, 0.3) is 0 Å². The van der Waals surface area contributed by atoms with E-state index in [4.69, 9.17) is 10.7 Å². The van der Waals surface area contributed by atoms with Crippen LogP contribution in [0.1, 0.15) is 51.4 Å². The van der Waals surface area contributed by atoms with Gasteiger partial charge in [-0.15, -0.1) is 0 Å². The van der Waals surface area contributed by atoms with Crippen LogP contribution < -0.4 is 0 Å². The normalized spacial score (nSPS) is 40.9. The molecule has 2 nitrogen and oxygen atoms in total. The summed E-state index contributed by atoms with van der Waals surface area (Å²) in [5.41, 5.74) is 0. The maximum atomic E-state index is 11.6. The highest BCUT2D eigenvalue weighted by molar-refractivity contribution is 8.15. The van der Waals surface area contributed by atoms with Crippen LogP contribution in [0.25, 0.3) is 0 Å². The van der Waals surface area contributed by atoms with E-state index in [0.29, 0.717) is 5.92 Å². The first kappa shape index (κ1) is 11.3. The first-order valence-corrected chi connectivity index (χ1v) is 8.75. The molecule has 0 aromatic rings. The Balaban J connectivity index is 1.72. The fourth-order valence-corrected chi connectivity index (χ4v) is 5.59. The first-order chi connectivity index (χ1) is 7.50. The predicted octanol–water partition coefficient (Wildman–Crippen LogP) is 3.30. The highest BCUT2D eigenvalue weighted by atomic mass is 35.7. The summed E-state index contributed by atoms with van der Waals surface area (Å²) in [7, 11) is 2.25. The zero-order chi connectivity index (χ0) is 11.4. The van der Waals surface area contributed by atoms with E-state index in [-0.39, 0.29) is 0 Å². The molecule has 4 rings (SSSR count). The molecule has 4 saturated carbocycles. The van der Waals surface area contributed by atoms with Crippen LogP contribution >= 0.6 is 10.7 Å². The Kier molecular flexibility index (Phi) is 2.56. The third kappa shape index (κ3) is 1.80. The second kappa shape index (κ2) is 3.61. The Morgan fingerprint density at radius 1 is 1.12 bits per heavy atom. The van der Waals surface area contributed by atoms with Crippen molar-refractivity contribution in [3.63, 3.8) is 0 Å². The fraction of sp³-hybridized carbons (Fsp3) is 1.00. The first-order valence-electron chi connectivity index (χ1n) is 6.44. The van der Waals surface area contributed by atoms with Gasteiger partial charge in [0.2, 0.25) is 9.05 Å². The van der Waals surface area contributed by atoms with E-state index < -0.39 is 13.8 Å². The highest BCUT2D eigenvalue weighted by Gasteiger charge is 2.56. The topological polar surface area (TPSA) is 34.1 Å². The molecule has 4 aliphatic carbocycles. The van der Waals surface area contributed by atoms with Gasteiger partial charge in [-0.25, -0.2) is 8.42 Å². The Labute approximate surface area is 102 Å². The summed E-state index contributed by atoms with van der Waals surface area (Å²) < 4.78 is 22.6. The van der Waals surface area contributed by atoms with Crippen molar-refractivity contribution in [2.24, 2.45) is 17.8 Å². The van der Waals surface area contributed by atoms with Crippen molar-refractivity contribution in [1.29, 1.82) is 0 Å². The van der Waals surface area contributed by atoms with Gasteiger partial charge in [-0.3, -0.25) is 0 Å². The van der Waals surface area contributed by atoms with Gasteiger partial charge in [-0.2, -0.15) is 0 Å². The Morgan fingerprint density at radius 3 is 2.12 bits per heavy atom. The van der Waals surface area contributed by atoms with Crippen molar-refractivity contribution < 1.29 is 8.42 Å². The van der Waals surface area contributed by atoms with Gasteiger partial charge in [0.1, 0.15) is 0 Å². The molecule has 2 bridgehead atoms. The lowest BCUT2D eigenvalue weighted by Gasteiger charge is -2.43. The van der Waals surface area contributed by atoms with Crippen LogP contribution in [0.4, 0.5) is 0 Å². The minimum absolute atomic E-state index is 0.517. The molecule has 0 aromatic carbocycles. The molecule has 16 heavy (non-hydrogen) atoms. The van der Waals surface area contributed by atoms with Gasteiger partial charge < -0.3 is 0 Å². The second-order valence-electron chi connectivity index (χ2n) is 6.10. The summed E-state index contributed by atoms with van der Waals surface area (Å²) in [6.07, 6.45) is 9.11. The summed E-state index contributed by atoms with van der Waals surface area (Å²) in [5, 5.41) is 0. The van der Waals surface area contributed by atoms with E-state index in [2.05, 4.69) is 0 Å². The van der Waals surface area contributed by atoms with Crippen molar-refractivity contribution >= 4 is 19.7 Å². The van der Waals surface area contributed by atoms with Crippen molar-refractivity contribution in [2.75, 3.05) is 0 Å².